The lowest BCUT2D eigenvalue weighted by atomic mass is 10.2. The molecule has 0 fully saturated rings. The summed E-state index contributed by atoms with van der Waals surface area (Å²) in [4.78, 5) is 15.7. The van der Waals surface area contributed by atoms with E-state index in [0.29, 0.717) is 22.2 Å². The first kappa shape index (κ1) is 15.6. The number of amides is 1. The van der Waals surface area contributed by atoms with E-state index in [0.717, 1.165) is 5.56 Å². The summed E-state index contributed by atoms with van der Waals surface area (Å²) in [6.07, 6.45) is -4.62. The lowest BCUT2D eigenvalue weighted by Crippen LogP contribution is -2.34. The van der Waals surface area contributed by atoms with Crippen molar-refractivity contribution < 1.29 is 27.4 Å². The minimum absolute atomic E-state index is 0.168. The number of fused-ring (bicyclic) bond motifs is 1. The highest BCUT2D eigenvalue weighted by Gasteiger charge is 2.27. The van der Waals surface area contributed by atoms with Crippen molar-refractivity contribution in [3.8, 4) is 22.1 Å². The zero-order valence-corrected chi connectivity index (χ0v) is 12.5. The number of ether oxygens (including phenoxy) is 2. The molecule has 2 heterocycles. The highest BCUT2D eigenvalue weighted by Crippen LogP contribution is 2.36. The molecule has 0 aliphatic carbocycles. The number of hydrogen-bond donors (Lipinski definition) is 1. The number of thiazole rings is 1. The summed E-state index contributed by atoms with van der Waals surface area (Å²) >= 11 is 1.30. The van der Waals surface area contributed by atoms with Crippen molar-refractivity contribution in [3.05, 3.63) is 29.3 Å². The SMILES string of the molecule is O=C(Cc1csc(-c2ccc3c(c2)OCO3)n1)NCC(F)(F)F. The van der Waals surface area contributed by atoms with E-state index in [1.165, 1.54) is 11.3 Å². The summed E-state index contributed by atoms with van der Waals surface area (Å²) in [6.45, 7) is -1.17. The van der Waals surface area contributed by atoms with Gasteiger partial charge in [0.2, 0.25) is 12.7 Å². The van der Waals surface area contributed by atoms with E-state index in [1.54, 1.807) is 23.6 Å². The number of nitrogens with zero attached hydrogens (tertiary/aromatic N) is 1. The van der Waals surface area contributed by atoms with Crippen molar-refractivity contribution in [1.82, 2.24) is 10.3 Å². The minimum Gasteiger partial charge on any atom is -0.454 e. The van der Waals surface area contributed by atoms with Gasteiger partial charge in [-0.3, -0.25) is 4.79 Å². The Labute approximate surface area is 133 Å². The molecule has 0 bridgehead atoms. The number of benzene rings is 1. The smallest absolute Gasteiger partial charge is 0.405 e. The second-order valence-electron chi connectivity index (χ2n) is 4.78. The Hall–Kier alpha value is -2.29. The maximum absolute atomic E-state index is 12.0. The number of aromatic nitrogens is 1. The van der Waals surface area contributed by atoms with Crippen LogP contribution in [-0.2, 0) is 11.2 Å². The summed E-state index contributed by atoms with van der Waals surface area (Å²) in [6, 6.07) is 5.34. The molecular formula is C14H11F3N2O3S. The van der Waals surface area contributed by atoms with Gasteiger partial charge in [0.05, 0.1) is 12.1 Å². The standard InChI is InChI=1S/C14H11F3N2O3S/c15-14(16,17)6-18-12(20)4-9-5-23-13(19-9)8-1-2-10-11(3-8)22-7-21-10/h1-3,5H,4,6-7H2,(H,18,20). The molecule has 1 aliphatic rings. The maximum atomic E-state index is 12.0. The van der Waals surface area contributed by atoms with Gasteiger partial charge in [0, 0.05) is 10.9 Å². The average Bonchev–Trinajstić information content (AvgIpc) is 3.12. The summed E-state index contributed by atoms with van der Waals surface area (Å²) in [5.74, 6) is 0.545. The molecule has 0 radical (unpaired) electrons. The van der Waals surface area contributed by atoms with E-state index in [9.17, 15) is 18.0 Å². The van der Waals surface area contributed by atoms with Gasteiger partial charge in [-0.05, 0) is 18.2 Å². The van der Waals surface area contributed by atoms with Crippen LogP contribution in [0.1, 0.15) is 5.69 Å². The van der Waals surface area contributed by atoms with Crippen molar-refractivity contribution in [3.63, 3.8) is 0 Å². The van der Waals surface area contributed by atoms with Crippen molar-refractivity contribution >= 4 is 17.2 Å². The van der Waals surface area contributed by atoms with Gasteiger partial charge < -0.3 is 14.8 Å². The average molecular weight is 344 g/mol. The molecule has 1 aromatic heterocycles. The van der Waals surface area contributed by atoms with Crippen molar-refractivity contribution in [2.75, 3.05) is 13.3 Å². The van der Waals surface area contributed by atoms with Gasteiger partial charge in [-0.25, -0.2) is 4.98 Å². The Balaban J connectivity index is 1.65. The van der Waals surface area contributed by atoms with E-state index in [4.69, 9.17) is 9.47 Å². The lowest BCUT2D eigenvalue weighted by molar-refractivity contribution is -0.138. The first-order chi connectivity index (χ1) is 10.9. The van der Waals surface area contributed by atoms with Crippen LogP contribution in [0.4, 0.5) is 13.2 Å². The molecule has 2 aromatic rings. The van der Waals surface area contributed by atoms with Crippen LogP contribution in [0, 0.1) is 0 Å². The Morgan fingerprint density at radius 1 is 1.30 bits per heavy atom. The first-order valence-electron chi connectivity index (χ1n) is 6.58. The van der Waals surface area contributed by atoms with Crippen LogP contribution in [0.3, 0.4) is 0 Å². The van der Waals surface area contributed by atoms with Gasteiger partial charge in [0.1, 0.15) is 11.6 Å². The van der Waals surface area contributed by atoms with Gasteiger partial charge >= 0.3 is 6.18 Å². The monoisotopic (exact) mass is 344 g/mol. The van der Waals surface area contributed by atoms with E-state index in [1.807, 2.05) is 5.32 Å². The van der Waals surface area contributed by atoms with E-state index in [-0.39, 0.29) is 13.2 Å². The summed E-state index contributed by atoms with van der Waals surface area (Å²) < 4.78 is 46.6. The predicted molar refractivity (Wildman–Crippen MR) is 76.4 cm³/mol. The fourth-order valence-corrected chi connectivity index (χ4v) is 2.79. The quantitative estimate of drug-likeness (QED) is 0.927. The molecule has 0 saturated carbocycles. The predicted octanol–water partition coefficient (Wildman–Crippen LogP) is 2.76. The Kier molecular flexibility index (Phi) is 4.12. The van der Waals surface area contributed by atoms with Gasteiger partial charge in [-0.1, -0.05) is 0 Å². The maximum Gasteiger partial charge on any atom is 0.405 e. The lowest BCUT2D eigenvalue weighted by Gasteiger charge is -2.07. The molecule has 9 heteroatoms. The third-order valence-corrected chi connectivity index (χ3v) is 3.94. The highest BCUT2D eigenvalue weighted by molar-refractivity contribution is 7.13. The minimum atomic E-state index is -4.42. The number of nitrogens with one attached hydrogen (secondary N) is 1. The Morgan fingerprint density at radius 3 is 2.87 bits per heavy atom. The number of alkyl halides is 3. The fourth-order valence-electron chi connectivity index (χ4n) is 1.98. The van der Waals surface area contributed by atoms with Crippen molar-refractivity contribution in [1.29, 1.82) is 0 Å². The normalized spacial score (nSPS) is 13.2. The molecule has 5 nitrogen and oxygen atoms in total. The molecule has 1 N–H and O–H groups in total. The molecule has 0 spiro atoms. The van der Waals surface area contributed by atoms with Crippen LogP contribution >= 0.6 is 11.3 Å². The van der Waals surface area contributed by atoms with Crippen molar-refractivity contribution in [2.24, 2.45) is 0 Å². The molecule has 3 rings (SSSR count). The molecule has 1 amide bonds. The van der Waals surface area contributed by atoms with E-state index in [2.05, 4.69) is 4.98 Å². The zero-order valence-electron chi connectivity index (χ0n) is 11.6. The van der Waals surface area contributed by atoms with Crippen LogP contribution in [0.15, 0.2) is 23.6 Å². The molecule has 1 aliphatic heterocycles. The van der Waals surface area contributed by atoms with Crippen LogP contribution < -0.4 is 14.8 Å². The van der Waals surface area contributed by atoms with E-state index < -0.39 is 18.6 Å². The van der Waals surface area contributed by atoms with E-state index >= 15 is 0 Å². The van der Waals surface area contributed by atoms with Gasteiger partial charge in [-0.15, -0.1) is 11.3 Å². The van der Waals surface area contributed by atoms with Crippen LogP contribution in [-0.4, -0.2) is 30.4 Å². The fraction of sp³-hybridized carbons (Fsp3) is 0.286. The van der Waals surface area contributed by atoms with Crippen LogP contribution in [0.5, 0.6) is 11.5 Å². The molecule has 122 valence electrons. The third kappa shape index (κ3) is 3.92. The van der Waals surface area contributed by atoms with Crippen LogP contribution in [0.25, 0.3) is 10.6 Å². The number of carbonyl (C=O) groups excluding carboxylic acids is 1. The number of hydrogen-bond acceptors (Lipinski definition) is 5. The van der Waals surface area contributed by atoms with Gasteiger partial charge in [-0.2, -0.15) is 13.2 Å². The number of rotatable bonds is 4. The highest BCUT2D eigenvalue weighted by atomic mass is 32.1. The Morgan fingerprint density at radius 2 is 2.09 bits per heavy atom. The molecule has 1 aromatic carbocycles. The molecule has 0 unspecified atom stereocenters. The second-order valence-corrected chi connectivity index (χ2v) is 5.64. The topological polar surface area (TPSA) is 60.5 Å². The van der Waals surface area contributed by atoms with Gasteiger partial charge in [0.25, 0.3) is 0 Å². The number of halogens is 3. The molecule has 0 saturated heterocycles. The molecule has 0 atom stereocenters. The number of carbonyl (C=O) groups is 1. The summed E-state index contributed by atoms with van der Waals surface area (Å²) in [7, 11) is 0. The second kappa shape index (κ2) is 6.07. The van der Waals surface area contributed by atoms with Gasteiger partial charge in [0.15, 0.2) is 11.5 Å². The third-order valence-electron chi connectivity index (χ3n) is 3.00. The largest absolute Gasteiger partial charge is 0.454 e. The first-order valence-corrected chi connectivity index (χ1v) is 7.46. The van der Waals surface area contributed by atoms with Crippen molar-refractivity contribution in [2.45, 2.75) is 12.6 Å². The summed E-state index contributed by atoms with van der Waals surface area (Å²) in [5.41, 5.74) is 1.21. The molecule has 23 heavy (non-hydrogen) atoms. The zero-order chi connectivity index (χ0) is 16.4. The molecular weight excluding hydrogens is 333 g/mol. The Bertz CT molecular complexity index is 730. The summed E-state index contributed by atoms with van der Waals surface area (Å²) in [5, 5.41) is 4.12. The van der Waals surface area contributed by atoms with Crippen LogP contribution in [0.2, 0.25) is 0 Å².